The van der Waals surface area contributed by atoms with Gasteiger partial charge in [0, 0.05) is 4.47 Å². The van der Waals surface area contributed by atoms with Crippen LogP contribution in [0.3, 0.4) is 0 Å². The predicted octanol–water partition coefficient (Wildman–Crippen LogP) is 3.91. The summed E-state index contributed by atoms with van der Waals surface area (Å²) >= 11 is 3.32. The number of carboxylic acids is 1. The standard InChI is InChI=1S/C15H19BrO4/c1-5-20-14(19)10-7-6-9(8-15(2,3)4)12(16)11(10)13(17)18/h6-7H,5,8H2,1-4H3,(H,17,18). The Morgan fingerprint density at radius 3 is 2.35 bits per heavy atom. The second-order valence-electron chi connectivity index (χ2n) is 5.72. The molecule has 0 unspecified atom stereocenters. The fourth-order valence-corrected chi connectivity index (χ4v) is 2.57. The number of aromatic carboxylic acids is 1. The van der Waals surface area contributed by atoms with E-state index in [1.165, 1.54) is 6.07 Å². The highest BCUT2D eigenvalue weighted by atomic mass is 79.9. The molecule has 0 saturated carbocycles. The molecule has 0 radical (unpaired) electrons. The lowest BCUT2D eigenvalue weighted by Gasteiger charge is -2.20. The van der Waals surface area contributed by atoms with Crippen molar-refractivity contribution in [1.82, 2.24) is 0 Å². The van der Waals surface area contributed by atoms with Crippen molar-refractivity contribution in [1.29, 1.82) is 0 Å². The van der Waals surface area contributed by atoms with E-state index in [0.29, 0.717) is 10.9 Å². The van der Waals surface area contributed by atoms with Gasteiger partial charge in [-0.15, -0.1) is 0 Å². The minimum atomic E-state index is -1.14. The number of halogens is 1. The normalized spacial score (nSPS) is 11.2. The van der Waals surface area contributed by atoms with Crippen LogP contribution in [0.1, 0.15) is 54.0 Å². The van der Waals surface area contributed by atoms with Gasteiger partial charge in [0.1, 0.15) is 0 Å². The Bertz CT molecular complexity index is 529. The van der Waals surface area contributed by atoms with E-state index in [1.807, 2.05) is 0 Å². The minimum Gasteiger partial charge on any atom is -0.478 e. The molecule has 1 aromatic rings. The van der Waals surface area contributed by atoms with E-state index in [2.05, 4.69) is 36.7 Å². The van der Waals surface area contributed by atoms with Crippen molar-refractivity contribution in [3.63, 3.8) is 0 Å². The Labute approximate surface area is 127 Å². The van der Waals surface area contributed by atoms with Gasteiger partial charge in [-0.05, 0) is 46.3 Å². The molecule has 4 nitrogen and oxygen atoms in total. The SMILES string of the molecule is CCOC(=O)c1ccc(CC(C)(C)C)c(Br)c1C(=O)O. The number of ether oxygens (including phenoxy) is 1. The van der Waals surface area contributed by atoms with Crippen molar-refractivity contribution < 1.29 is 19.4 Å². The molecule has 0 aliphatic heterocycles. The van der Waals surface area contributed by atoms with Gasteiger partial charge >= 0.3 is 11.9 Å². The van der Waals surface area contributed by atoms with Gasteiger partial charge in [-0.25, -0.2) is 9.59 Å². The number of hydrogen-bond acceptors (Lipinski definition) is 3. The molecule has 0 saturated heterocycles. The zero-order valence-electron chi connectivity index (χ0n) is 12.1. The molecule has 20 heavy (non-hydrogen) atoms. The molecule has 1 N–H and O–H groups in total. The fraction of sp³-hybridized carbons (Fsp3) is 0.467. The molecule has 5 heteroatoms. The molecule has 0 bridgehead atoms. The lowest BCUT2D eigenvalue weighted by Crippen LogP contribution is -2.15. The highest BCUT2D eigenvalue weighted by Crippen LogP contribution is 2.31. The van der Waals surface area contributed by atoms with Crippen LogP contribution in [0.5, 0.6) is 0 Å². The summed E-state index contributed by atoms with van der Waals surface area (Å²) in [5.74, 6) is -1.76. The second-order valence-corrected chi connectivity index (χ2v) is 6.52. The first-order chi connectivity index (χ1) is 9.17. The number of rotatable bonds is 4. The maximum atomic E-state index is 11.8. The van der Waals surface area contributed by atoms with Crippen molar-refractivity contribution in [2.24, 2.45) is 5.41 Å². The van der Waals surface area contributed by atoms with Gasteiger partial charge in [-0.3, -0.25) is 0 Å². The first-order valence-corrected chi connectivity index (χ1v) is 7.18. The Hall–Kier alpha value is -1.36. The van der Waals surface area contributed by atoms with Crippen molar-refractivity contribution in [3.8, 4) is 0 Å². The molecule has 1 rings (SSSR count). The van der Waals surface area contributed by atoms with E-state index < -0.39 is 11.9 Å². The van der Waals surface area contributed by atoms with E-state index in [-0.39, 0.29) is 23.1 Å². The smallest absolute Gasteiger partial charge is 0.339 e. The molecule has 0 heterocycles. The number of esters is 1. The largest absolute Gasteiger partial charge is 0.478 e. The van der Waals surface area contributed by atoms with Crippen molar-refractivity contribution in [2.75, 3.05) is 6.61 Å². The number of hydrogen-bond donors (Lipinski definition) is 1. The molecule has 1 aromatic carbocycles. The average Bonchev–Trinajstić information content (AvgIpc) is 2.29. The van der Waals surface area contributed by atoms with Crippen LogP contribution in [0.15, 0.2) is 16.6 Å². The highest BCUT2D eigenvalue weighted by molar-refractivity contribution is 9.10. The molecule has 0 aromatic heterocycles. The first kappa shape index (κ1) is 16.7. The average molecular weight is 343 g/mol. The molecule has 0 spiro atoms. The van der Waals surface area contributed by atoms with Crippen LogP contribution in [0.25, 0.3) is 0 Å². The maximum absolute atomic E-state index is 11.8. The molecule has 110 valence electrons. The van der Waals surface area contributed by atoms with Crippen LogP contribution >= 0.6 is 15.9 Å². The number of carboxylic acid groups (broad SMARTS) is 1. The number of carbonyl (C=O) groups is 2. The third-order valence-electron chi connectivity index (χ3n) is 2.65. The molecule has 0 amide bonds. The lowest BCUT2D eigenvalue weighted by molar-refractivity contribution is 0.0514. The van der Waals surface area contributed by atoms with Crippen LogP contribution in [-0.4, -0.2) is 23.7 Å². The Kier molecular flexibility index (Phi) is 5.34. The Morgan fingerprint density at radius 1 is 1.30 bits per heavy atom. The van der Waals surface area contributed by atoms with Gasteiger partial charge in [0.15, 0.2) is 0 Å². The summed E-state index contributed by atoms with van der Waals surface area (Å²) in [5, 5.41) is 9.35. The van der Waals surface area contributed by atoms with Crippen LogP contribution in [-0.2, 0) is 11.2 Å². The summed E-state index contributed by atoms with van der Waals surface area (Å²) in [5.41, 5.74) is 0.918. The van der Waals surface area contributed by atoms with E-state index >= 15 is 0 Å². The van der Waals surface area contributed by atoms with Gasteiger partial charge in [0.2, 0.25) is 0 Å². The topological polar surface area (TPSA) is 63.6 Å². The predicted molar refractivity (Wildman–Crippen MR) is 80.2 cm³/mol. The minimum absolute atomic E-state index is 0.0176. The lowest BCUT2D eigenvalue weighted by atomic mass is 9.87. The van der Waals surface area contributed by atoms with Gasteiger partial charge in [-0.1, -0.05) is 26.8 Å². The second kappa shape index (κ2) is 6.39. The quantitative estimate of drug-likeness (QED) is 0.842. The fourth-order valence-electron chi connectivity index (χ4n) is 1.92. The van der Waals surface area contributed by atoms with E-state index in [0.717, 1.165) is 5.56 Å². The Balaban J connectivity index is 3.34. The third kappa shape index (κ3) is 4.07. The zero-order chi connectivity index (χ0) is 15.5. The van der Waals surface area contributed by atoms with Gasteiger partial charge in [-0.2, -0.15) is 0 Å². The van der Waals surface area contributed by atoms with Crippen LogP contribution in [0, 0.1) is 5.41 Å². The molecule has 0 atom stereocenters. The number of carbonyl (C=O) groups excluding carboxylic acids is 1. The van der Waals surface area contributed by atoms with Gasteiger partial charge < -0.3 is 9.84 Å². The summed E-state index contributed by atoms with van der Waals surface area (Å²) in [7, 11) is 0. The van der Waals surface area contributed by atoms with Gasteiger partial charge in [0.05, 0.1) is 17.7 Å². The van der Waals surface area contributed by atoms with Crippen molar-refractivity contribution in [2.45, 2.75) is 34.1 Å². The molecular weight excluding hydrogens is 324 g/mol. The maximum Gasteiger partial charge on any atom is 0.339 e. The summed E-state index contributed by atoms with van der Waals surface area (Å²) in [6, 6.07) is 3.29. The van der Waals surface area contributed by atoms with Crippen molar-refractivity contribution in [3.05, 3.63) is 33.3 Å². The summed E-state index contributed by atoms with van der Waals surface area (Å²) < 4.78 is 5.34. The Morgan fingerprint density at radius 2 is 1.90 bits per heavy atom. The molecule has 0 aliphatic rings. The van der Waals surface area contributed by atoms with Crippen LogP contribution in [0.2, 0.25) is 0 Å². The van der Waals surface area contributed by atoms with E-state index in [9.17, 15) is 14.7 Å². The number of benzene rings is 1. The van der Waals surface area contributed by atoms with Crippen molar-refractivity contribution >= 4 is 27.9 Å². The van der Waals surface area contributed by atoms with E-state index in [1.54, 1.807) is 13.0 Å². The summed E-state index contributed by atoms with van der Waals surface area (Å²) in [6.07, 6.45) is 0.705. The van der Waals surface area contributed by atoms with E-state index in [4.69, 9.17) is 4.74 Å². The third-order valence-corrected chi connectivity index (χ3v) is 3.56. The van der Waals surface area contributed by atoms with Crippen LogP contribution < -0.4 is 0 Å². The molecule has 0 fully saturated rings. The molecular formula is C15H19BrO4. The summed E-state index contributed by atoms with van der Waals surface area (Å²) in [4.78, 5) is 23.2. The monoisotopic (exact) mass is 342 g/mol. The van der Waals surface area contributed by atoms with Crippen LogP contribution in [0.4, 0.5) is 0 Å². The molecule has 0 aliphatic carbocycles. The first-order valence-electron chi connectivity index (χ1n) is 6.39. The summed E-state index contributed by atoms with van der Waals surface area (Å²) in [6.45, 7) is 8.10. The zero-order valence-corrected chi connectivity index (χ0v) is 13.7. The van der Waals surface area contributed by atoms with Gasteiger partial charge in [0.25, 0.3) is 0 Å². The highest BCUT2D eigenvalue weighted by Gasteiger charge is 2.24.